The van der Waals surface area contributed by atoms with Gasteiger partial charge in [-0.25, -0.2) is 0 Å². The van der Waals surface area contributed by atoms with Crippen molar-refractivity contribution >= 4 is 0 Å². The van der Waals surface area contributed by atoms with E-state index in [9.17, 15) is 5.11 Å². The van der Waals surface area contributed by atoms with Gasteiger partial charge in [0.25, 0.3) is 0 Å². The summed E-state index contributed by atoms with van der Waals surface area (Å²) in [4.78, 5) is 0. The predicted octanol–water partition coefficient (Wildman–Crippen LogP) is 0.582. The van der Waals surface area contributed by atoms with E-state index in [2.05, 4.69) is 22.4 Å². The third-order valence-corrected chi connectivity index (χ3v) is 3.02. The average Bonchev–Trinajstić information content (AvgIpc) is 2.94. The lowest BCUT2D eigenvalue weighted by molar-refractivity contribution is 0.00379. The first-order chi connectivity index (χ1) is 10.3. The van der Waals surface area contributed by atoms with Gasteiger partial charge in [-0.3, -0.25) is 0 Å². The summed E-state index contributed by atoms with van der Waals surface area (Å²) in [6.45, 7) is 8.26. The monoisotopic (exact) mass is 300 g/mol. The molecule has 0 aliphatic rings. The fourth-order valence-corrected chi connectivity index (χ4v) is 1.78. The zero-order chi connectivity index (χ0) is 15.3. The highest BCUT2D eigenvalue weighted by molar-refractivity contribution is 4.84. The van der Waals surface area contributed by atoms with Crippen LogP contribution in [0.3, 0.4) is 0 Å². The molecule has 1 heterocycles. The van der Waals surface area contributed by atoms with Crippen molar-refractivity contribution in [2.45, 2.75) is 45.9 Å². The number of aromatic nitrogens is 3. The van der Waals surface area contributed by atoms with Gasteiger partial charge in [0.1, 0.15) is 12.2 Å². The van der Waals surface area contributed by atoms with Crippen LogP contribution in [0.15, 0.2) is 6.33 Å². The number of ether oxygens (including phenoxy) is 2. The number of hydrogen-bond donors (Lipinski definition) is 2. The molecule has 0 spiro atoms. The van der Waals surface area contributed by atoms with Crippen LogP contribution < -0.4 is 5.32 Å². The lowest BCUT2D eigenvalue weighted by atomic mass is 10.3. The maximum absolute atomic E-state index is 9.77. The molecule has 1 aromatic rings. The van der Waals surface area contributed by atoms with Crippen molar-refractivity contribution in [3.8, 4) is 0 Å². The fourth-order valence-electron chi connectivity index (χ4n) is 1.78. The molecule has 1 unspecified atom stereocenters. The van der Waals surface area contributed by atoms with Gasteiger partial charge in [-0.15, -0.1) is 10.2 Å². The number of nitrogens with one attached hydrogen (secondary N) is 1. The Morgan fingerprint density at radius 3 is 2.86 bits per heavy atom. The van der Waals surface area contributed by atoms with E-state index in [1.165, 1.54) is 0 Å². The number of aliphatic hydroxyl groups excluding tert-OH is 1. The molecular weight excluding hydrogens is 272 g/mol. The minimum Gasteiger partial charge on any atom is -0.389 e. The molecule has 0 radical (unpaired) electrons. The minimum atomic E-state index is -0.529. The third kappa shape index (κ3) is 8.11. The van der Waals surface area contributed by atoms with Crippen molar-refractivity contribution in [1.82, 2.24) is 20.1 Å². The highest BCUT2D eigenvalue weighted by Crippen LogP contribution is 1.94. The molecule has 7 heteroatoms. The highest BCUT2D eigenvalue weighted by Gasteiger charge is 2.06. The van der Waals surface area contributed by atoms with Crippen LogP contribution in [0.4, 0.5) is 0 Å². The Bertz CT molecular complexity index is 360. The Morgan fingerprint density at radius 2 is 2.10 bits per heavy atom. The fraction of sp³-hybridized carbons (Fsp3) is 0.857. The molecule has 0 saturated carbocycles. The second-order valence-corrected chi connectivity index (χ2v) is 4.86. The number of aryl methyl sites for hydroxylation is 1. The second kappa shape index (κ2) is 11.6. The summed E-state index contributed by atoms with van der Waals surface area (Å²) in [6.07, 6.45) is 3.39. The van der Waals surface area contributed by atoms with E-state index in [1.807, 2.05) is 11.5 Å². The van der Waals surface area contributed by atoms with Gasteiger partial charge < -0.3 is 24.5 Å². The lowest BCUT2D eigenvalue weighted by Gasteiger charge is -2.12. The molecule has 1 rings (SSSR count). The first-order valence-electron chi connectivity index (χ1n) is 7.68. The van der Waals surface area contributed by atoms with Crippen molar-refractivity contribution in [3.05, 3.63) is 12.2 Å². The molecule has 122 valence electrons. The van der Waals surface area contributed by atoms with E-state index < -0.39 is 6.10 Å². The average molecular weight is 300 g/mol. The van der Waals surface area contributed by atoms with Crippen molar-refractivity contribution in [1.29, 1.82) is 0 Å². The van der Waals surface area contributed by atoms with Gasteiger partial charge in [0.05, 0.1) is 32.5 Å². The van der Waals surface area contributed by atoms with Crippen molar-refractivity contribution in [2.75, 3.05) is 33.0 Å². The number of nitrogens with zero attached hydrogens (tertiary/aromatic N) is 3. The lowest BCUT2D eigenvalue weighted by Crippen LogP contribution is -2.31. The first kappa shape index (κ1) is 18.0. The van der Waals surface area contributed by atoms with Crippen molar-refractivity contribution < 1.29 is 14.6 Å². The van der Waals surface area contributed by atoms with Crippen molar-refractivity contribution in [3.63, 3.8) is 0 Å². The molecule has 0 amide bonds. The smallest absolute Gasteiger partial charge is 0.146 e. The molecule has 1 atom stereocenters. The summed E-state index contributed by atoms with van der Waals surface area (Å²) >= 11 is 0. The van der Waals surface area contributed by atoms with E-state index >= 15 is 0 Å². The zero-order valence-corrected chi connectivity index (χ0v) is 13.1. The van der Waals surface area contributed by atoms with Gasteiger partial charge in [0.15, 0.2) is 0 Å². The quantitative estimate of drug-likeness (QED) is 0.519. The van der Waals surface area contributed by atoms with Gasteiger partial charge in [-0.05, 0) is 13.3 Å². The van der Waals surface area contributed by atoms with E-state index in [0.717, 1.165) is 31.8 Å². The summed E-state index contributed by atoms with van der Waals surface area (Å²) in [5, 5.41) is 20.8. The van der Waals surface area contributed by atoms with Crippen LogP contribution >= 0.6 is 0 Å². The van der Waals surface area contributed by atoms with Gasteiger partial charge >= 0.3 is 0 Å². The van der Waals surface area contributed by atoms with Crippen LogP contribution in [0.2, 0.25) is 0 Å². The minimum absolute atomic E-state index is 0.310. The Balaban J connectivity index is 1.97. The maximum atomic E-state index is 9.77. The number of rotatable bonds is 13. The Morgan fingerprint density at radius 1 is 1.29 bits per heavy atom. The molecule has 1 aromatic heterocycles. The van der Waals surface area contributed by atoms with Crippen LogP contribution in [0.25, 0.3) is 0 Å². The molecule has 0 aliphatic carbocycles. The first-order valence-corrected chi connectivity index (χ1v) is 7.68. The van der Waals surface area contributed by atoms with Gasteiger partial charge in [0.2, 0.25) is 0 Å². The summed E-state index contributed by atoms with van der Waals surface area (Å²) in [6, 6.07) is 0. The van der Waals surface area contributed by atoms with Gasteiger partial charge in [-0.1, -0.05) is 13.3 Å². The van der Waals surface area contributed by atoms with E-state index in [4.69, 9.17) is 9.47 Å². The van der Waals surface area contributed by atoms with Crippen molar-refractivity contribution in [2.24, 2.45) is 0 Å². The van der Waals surface area contributed by atoms with Gasteiger partial charge in [0, 0.05) is 19.7 Å². The number of unbranched alkanes of at least 4 members (excludes halogenated alkanes) is 1. The Kier molecular flexibility index (Phi) is 9.98. The van der Waals surface area contributed by atoms with Crippen LogP contribution in [0.1, 0.15) is 32.5 Å². The summed E-state index contributed by atoms with van der Waals surface area (Å²) in [5.41, 5.74) is 0. The molecular formula is C14H28N4O3. The van der Waals surface area contributed by atoms with E-state index in [0.29, 0.717) is 32.9 Å². The normalized spacial score (nSPS) is 12.7. The highest BCUT2D eigenvalue weighted by atomic mass is 16.5. The third-order valence-electron chi connectivity index (χ3n) is 3.02. The van der Waals surface area contributed by atoms with Crippen LogP contribution in [-0.4, -0.2) is 58.9 Å². The molecule has 0 bridgehead atoms. The predicted molar refractivity (Wildman–Crippen MR) is 80.0 cm³/mol. The zero-order valence-electron chi connectivity index (χ0n) is 13.1. The molecule has 0 aliphatic heterocycles. The topological polar surface area (TPSA) is 81.4 Å². The van der Waals surface area contributed by atoms with E-state index in [1.54, 1.807) is 6.33 Å². The van der Waals surface area contributed by atoms with Crippen LogP contribution in [0.5, 0.6) is 0 Å². The SMILES string of the molecule is CCCCOCCOCC(O)CNCc1nncn1CC. The van der Waals surface area contributed by atoms with Crippen LogP contribution in [-0.2, 0) is 22.6 Å². The Labute approximate surface area is 126 Å². The molecule has 0 fully saturated rings. The summed E-state index contributed by atoms with van der Waals surface area (Å²) in [7, 11) is 0. The number of aliphatic hydroxyl groups is 1. The number of hydrogen-bond acceptors (Lipinski definition) is 6. The molecule has 0 aromatic carbocycles. The maximum Gasteiger partial charge on any atom is 0.146 e. The van der Waals surface area contributed by atoms with Crippen LogP contribution in [0, 0.1) is 0 Å². The molecule has 21 heavy (non-hydrogen) atoms. The standard InChI is InChI=1S/C14H28N4O3/c1-3-5-6-20-7-8-21-11-13(19)9-15-10-14-17-16-12-18(14)4-2/h12-13,15,19H,3-11H2,1-2H3. The molecule has 2 N–H and O–H groups in total. The summed E-state index contributed by atoms with van der Waals surface area (Å²) < 4.78 is 12.7. The Hall–Kier alpha value is -1.02. The summed E-state index contributed by atoms with van der Waals surface area (Å²) in [5.74, 6) is 0.870. The van der Waals surface area contributed by atoms with Gasteiger partial charge in [-0.2, -0.15) is 0 Å². The van der Waals surface area contributed by atoms with E-state index in [-0.39, 0.29) is 0 Å². The largest absolute Gasteiger partial charge is 0.389 e. The molecule has 0 saturated heterocycles. The second-order valence-electron chi connectivity index (χ2n) is 4.86. The molecule has 7 nitrogen and oxygen atoms in total.